The number of carbonyl (C=O) groups excluding carboxylic acids is 2. The number of nitrogens with one attached hydrogen (secondary N) is 4. The third kappa shape index (κ3) is 10.1. The maximum atomic E-state index is 13.9. The highest BCUT2D eigenvalue weighted by atomic mass is 16.5. The number of nitrogens with zero attached hydrogens (tertiary/aromatic N) is 2. The molecule has 0 bridgehead atoms. The van der Waals surface area contributed by atoms with E-state index in [0.29, 0.717) is 67.7 Å². The molecular formula is C30H43N9O4. The molecule has 1 heterocycles. The Kier molecular flexibility index (Phi) is 12.5. The predicted octanol–water partition coefficient (Wildman–Crippen LogP) is 1.72. The average Bonchev–Trinajstić information content (AvgIpc) is 3.42. The highest BCUT2D eigenvalue weighted by Crippen LogP contribution is 2.28. The standard InChI is InChI=1S/C30H43N9O4/c1-18-15-21(40)16-19(2)25(18)26(38-27(41)22(32)11-8-14-35-30(33)34)28(42)36-23(12-6-7-13-31)29-37-24(39-43-29)17-20-9-4-3-5-10-20/h3-5,9-10,15-16,22-23,26,40H,6-8,11-14,17,31-32H2,1-2H3,(H,36,42)(H,38,41)(H4,33,34,35)/t22-,23+,26+/m0/s1. The minimum Gasteiger partial charge on any atom is -0.508 e. The van der Waals surface area contributed by atoms with Crippen LogP contribution in [-0.4, -0.2) is 52.2 Å². The molecule has 0 fully saturated rings. The summed E-state index contributed by atoms with van der Waals surface area (Å²) in [4.78, 5) is 31.7. The molecule has 13 heteroatoms. The number of phenolic OH excluding ortho intramolecular Hbond substituents is 1. The Morgan fingerprint density at radius 2 is 1.72 bits per heavy atom. The SMILES string of the molecule is Cc1cc(O)cc(C)c1[C@@H](NC(=O)[C@@H](N)CCCNC(=N)N)C(=O)N[C@H](CCCCN)c1nc(Cc2ccccc2)no1. The summed E-state index contributed by atoms with van der Waals surface area (Å²) in [6.07, 6.45) is 3.20. The molecule has 2 amide bonds. The molecule has 11 N–H and O–H groups in total. The molecule has 232 valence electrons. The van der Waals surface area contributed by atoms with Gasteiger partial charge in [0.2, 0.25) is 17.7 Å². The van der Waals surface area contributed by atoms with E-state index in [1.165, 1.54) is 12.1 Å². The van der Waals surface area contributed by atoms with Crippen LogP contribution in [0.3, 0.4) is 0 Å². The first-order chi connectivity index (χ1) is 20.6. The second-order valence-electron chi connectivity index (χ2n) is 10.6. The molecule has 0 spiro atoms. The Morgan fingerprint density at radius 3 is 2.37 bits per heavy atom. The number of aromatic hydroxyl groups is 1. The summed E-state index contributed by atoms with van der Waals surface area (Å²) in [7, 11) is 0. The Hall–Kier alpha value is -4.49. The van der Waals surface area contributed by atoms with Crippen LogP contribution >= 0.6 is 0 Å². The van der Waals surface area contributed by atoms with Gasteiger partial charge in [-0.2, -0.15) is 4.98 Å². The topological polar surface area (TPSA) is 231 Å². The van der Waals surface area contributed by atoms with Crippen LogP contribution in [0.4, 0.5) is 0 Å². The van der Waals surface area contributed by atoms with Crippen LogP contribution in [0.1, 0.15) is 78.2 Å². The molecule has 0 aliphatic rings. The highest BCUT2D eigenvalue weighted by Gasteiger charge is 2.31. The molecule has 3 atom stereocenters. The molecule has 2 aromatic carbocycles. The third-order valence-electron chi connectivity index (χ3n) is 7.01. The number of aryl methyl sites for hydroxylation is 2. The van der Waals surface area contributed by atoms with Gasteiger partial charge in [0.15, 0.2) is 11.8 Å². The molecule has 0 radical (unpaired) electrons. The normalized spacial score (nSPS) is 13.1. The number of hydrogen-bond donors (Lipinski definition) is 8. The van der Waals surface area contributed by atoms with Crippen LogP contribution in [0.5, 0.6) is 5.75 Å². The van der Waals surface area contributed by atoms with Gasteiger partial charge in [-0.1, -0.05) is 35.5 Å². The lowest BCUT2D eigenvalue weighted by molar-refractivity contribution is -0.130. The molecule has 0 saturated carbocycles. The summed E-state index contributed by atoms with van der Waals surface area (Å²) >= 11 is 0. The van der Waals surface area contributed by atoms with Crippen molar-refractivity contribution in [3.05, 3.63) is 76.4 Å². The van der Waals surface area contributed by atoms with Crippen molar-refractivity contribution in [1.29, 1.82) is 5.41 Å². The number of carbonyl (C=O) groups is 2. The first-order valence-corrected chi connectivity index (χ1v) is 14.4. The van der Waals surface area contributed by atoms with Gasteiger partial charge >= 0.3 is 0 Å². The van der Waals surface area contributed by atoms with E-state index in [2.05, 4.69) is 26.1 Å². The fourth-order valence-electron chi connectivity index (χ4n) is 4.87. The second kappa shape index (κ2) is 16.2. The number of phenols is 1. The Balaban J connectivity index is 1.84. The van der Waals surface area contributed by atoms with Crippen molar-refractivity contribution in [2.24, 2.45) is 17.2 Å². The minimum atomic E-state index is -1.11. The molecule has 0 unspecified atom stereocenters. The molecule has 3 aromatic rings. The lowest BCUT2D eigenvalue weighted by atomic mass is 9.94. The van der Waals surface area contributed by atoms with E-state index in [0.717, 1.165) is 12.0 Å². The monoisotopic (exact) mass is 593 g/mol. The van der Waals surface area contributed by atoms with Crippen molar-refractivity contribution in [3.63, 3.8) is 0 Å². The van der Waals surface area contributed by atoms with Gasteiger partial charge in [-0.3, -0.25) is 15.0 Å². The van der Waals surface area contributed by atoms with E-state index >= 15 is 0 Å². The fourth-order valence-corrected chi connectivity index (χ4v) is 4.87. The molecular weight excluding hydrogens is 550 g/mol. The smallest absolute Gasteiger partial charge is 0.249 e. The van der Waals surface area contributed by atoms with Crippen molar-refractivity contribution in [3.8, 4) is 5.75 Å². The number of guanidine groups is 1. The van der Waals surface area contributed by atoms with Crippen LogP contribution < -0.4 is 33.2 Å². The van der Waals surface area contributed by atoms with E-state index in [-0.39, 0.29) is 17.6 Å². The zero-order chi connectivity index (χ0) is 31.4. The molecule has 43 heavy (non-hydrogen) atoms. The molecule has 1 aromatic heterocycles. The van der Waals surface area contributed by atoms with Gasteiger partial charge in [-0.25, -0.2) is 0 Å². The lowest BCUT2D eigenvalue weighted by Crippen LogP contribution is -2.48. The van der Waals surface area contributed by atoms with Crippen LogP contribution in [0.15, 0.2) is 47.0 Å². The maximum absolute atomic E-state index is 13.9. The number of hydrogen-bond acceptors (Lipinski definition) is 9. The number of nitrogens with two attached hydrogens (primary N) is 3. The highest BCUT2D eigenvalue weighted by molar-refractivity contribution is 5.91. The summed E-state index contributed by atoms with van der Waals surface area (Å²) in [6, 6.07) is 10.2. The van der Waals surface area contributed by atoms with E-state index in [4.69, 9.17) is 27.1 Å². The number of aromatic nitrogens is 2. The van der Waals surface area contributed by atoms with Gasteiger partial charge in [-0.05, 0) is 86.9 Å². The fraction of sp³-hybridized carbons (Fsp3) is 0.433. The van der Waals surface area contributed by atoms with Crippen LogP contribution in [-0.2, 0) is 16.0 Å². The molecule has 3 rings (SSSR count). The van der Waals surface area contributed by atoms with E-state index in [1.807, 2.05) is 30.3 Å². The van der Waals surface area contributed by atoms with Crippen molar-refractivity contribution < 1.29 is 19.2 Å². The Labute approximate surface area is 251 Å². The van der Waals surface area contributed by atoms with Gasteiger partial charge in [0, 0.05) is 13.0 Å². The van der Waals surface area contributed by atoms with Gasteiger partial charge in [-0.15, -0.1) is 0 Å². The average molecular weight is 594 g/mol. The van der Waals surface area contributed by atoms with Crippen molar-refractivity contribution in [2.75, 3.05) is 13.1 Å². The van der Waals surface area contributed by atoms with Gasteiger partial charge < -0.3 is 42.8 Å². The largest absolute Gasteiger partial charge is 0.508 e. The minimum absolute atomic E-state index is 0.0513. The third-order valence-corrected chi connectivity index (χ3v) is 7.01. The quantitative estimate of drug-likeness (QED) is 0.0680. The Bertz CT molecular complexity index is 1340. The van der Waals surface area contributed by atoms with Gasteiger partial charge in [0.05, 0.1) is 6.04 Å². The van der Waals surface area contributed by atoms with E-state index in [9.17, 15) is 14.7 Å². The lowest BCUT2D eigenvalue weighted by Gasteiger charge is -2.26. The number of amides is 2. The summed E-state index contributed by atoms with van der Waals surface area (Å²) < 4.78 is 5.59. The molecule has 0 aliphatic heterocycles. The second-order valence-corrected chi connectivity index (χ2v) is 10.6. The van der Waals surface area contributed by atoms with Crippen molar-refractivity contribution in [2.45, 2.75) is 70.5 Å². The number of rotatable bonds is 16. The predicted molar refractivity (Wildman–Crippen MR) is 163 cm³/mol. The summed E-state index contributed by atoms with van der Waals surface area (Å²) in [5, 5.41) is 30.0. The van der Waals surface area contributed by atoms with Crippen molar-refractivity contribution >= 4 is 17.8 Å². The summed E-state index contributed by atoms with van der Waals surface area (Å²) in [6.45, 7) is 4.40. The summed E-state index contributed by atoms with van der Waals surface area (Å²) in [5.74, 6) is -0.374. The maximum Gasteiger partial charge on any atom is 0.249 e. The first-order valence-electron chi connectivity index (χ1n) is 14.4. The van der Waals surface area contributed by atoms with E-state index < -0.39 is 29.9 Å². The zero-order valence-electron chi connectivity index (χ0n) is 24.7. The molecule has 13 nitrogen and oxygen atoms in total. The van der Waals surface area contributed by atoms with Gasteiger partial charge in [0.25, 0.3) is 0 Å². The molecule has 0 saturated heterocycles. The van der Waals surface area contributed by atoms with Crippen molar-refractivity contribution in [1.82, 2.24) is 26.1 Å². The van der Waals surface area contributed by atoms with E-state index in [1.54, 1.807) is 13.8 Å². The molecule has 0 aliphatic carbocycles. The Morgan fingerprint density at radius 1 is 1.02 bits per heavy atom. The van der Waals surface area contributed by atoms with Gasteiger partial charge in [0.1, 0.15) is 17.8 Å². The number of unbranched alkanes of at least 4 members (excludes halogenated alkanes) is 1. The summed E-state index contributed by atoms with van der Waals surface area (Å²) in [5.41, 5.74) is 20.0. The van der Waals surface area contributed by atoms with Crippen LogP contribution in [0, 0.1) is 19.3 Å². The first kappa shape index (κ1) is 33.0. The number of benzene rings is 2. The zero-order valence-corrected chi connectivity index (χ0v) is 24.7. The van der Waals surface area contributed by atoms with Crippen LogP contribution in [0.2, 0.25) is 0 Å². The van der Waals surface area contributed by atoms with Crippen LogP contribution in [0.25, 0.3) is 0 Å².